The summed E-state index contributed by atoms with van der Waals surface area (Å²) in [5, 5.41) is 2.86. The minimum atomic E-state index is -3.45. The summed E-state index contributed by atoms with van der Waals surface area (Å²) in [5.41, 5.74) is 0.590. The lowest BCUT2D eigenvalue weighted by atomic mass is 10.3. The Morgan fingerprint density at radius 2 is 2.00 bits per heavy atom. The number of para-hydroxylation sites is 1. The minimum absolute atomic E-state index is 0.264. The average molecular weight is 258 g/mol. The smallest absolute Gasteiger partial charge is 0.242 e. The first-order chi connectivity index (χ1) is 8.11. The van der Waals surface area contributed by atoms with Gasteiger partial charge in [0.05, 0.1) is 5.69 Å². The third-order valence-corrected chi connectivity index (χ3v) is 3.78. The van der Waals surface area contributed by atoms with Crippen molar-refractivity contribution >= 4 is 15.7 Å². The Morgan fingerprint density at radius 3 is 2.65 bits per heavy atom. The Bertz CT molecular complexity index is 446. The van der Waals surface area contributed by atoms with Crippen molar-refractivity contribution in [1.29, 1.82) is 0 Å². The second-order valence-electron chi connectivity index (χ2n) is 3.49. The fourth-order valence-electron chi connectivity index (χ4n) is 1.41. The molecule has 5 nitrogen and oxygen atoms in total. The zero-order valence-corrected chi connectivity index (χ0v) is 10.9. The number of nitrogens with one attached hydrogen (secondary N) is 2. The predicted molar refractivity (Wildman–Crippen MR) is 67.7 cm³/mol. The van der Waals surface area contributed by atoms with Crippen LogP contribution in [0.1, 0.15) is 6.42 Å². The quantitative estimate of drug-likeness (QED) is 0.717. The first-order valence-corrected chi connectivity index (χ1v) is 6.85. The molecule has 0 fully saturated rings. The van der Waals surface area contributed by atoms with Gasteiger partial charge >= 0.3 is 0 Å². The molecule has 2 N–H and O–H groups in total. The lowest BCUT2D eigenvalue weighted by Crippen LogP contribution is -2.26. The third-order valence-electron chi connectivity index (χ3n) is 2.26. The van der Waals surface area contributed by atoms with Gasteiger partial charge in [-0.1, -0.05) is 12.1 Å². The molecule has 0 spiro atoms. The Hall–Kier alpha value is -1.11. The Morgan fingerprint density at radius 1 is 1.29 bits per heavy atom. The number of rotatable bonds is 7. The van der Waals surface area contributed by atoms with Gasteiger partial charge in [-0.3, -0.25) is 0 Å². The van der Waals surface area contributed by atoms with Gasteiger partial charge in [-0.25, -0.2) is 13.1 Å². The van der Waals surface area contributed by atoms with Gasteiger partial charge in [-0.05, 0) is 18.6 Å². The number of benzene rings is 1. The molecule has 0 unspecified atom stereocenters. The van der Waals surface area contributed by atoms with Gasteiger partial charge in [0.1, 0.15) is 4.90 Å². The molecule has 6 heteroatoms. The van der Waals surface area contributed by atoms with Crippen molar-refractivity contribution in [3.8, 4) is 0 Å². The molecular weight excluding hydrogens is 240 g/mol. The maximum absolute atomic E-state index is 12.0. The monoisotopic (exact) mass is 258 g/mol. The van der Waals surface area contributed by atoms with E-state index < -0.39 is 10.0 Å². The topological polar surface area (TPSA) is 67.4 Å². The normalized spacial score (nSPS) is 11.4. The number of ether oxygens (including phenoxy) is 1. The van der Waals surface area contributed by atoms with Crippen molar-refractivity contribution in [3.63, 3.8) is 0 Å². The minimum Gasteiger partial charge on any atom is -0.387 e. The molecule has 0 aromatic heterocycles. The van der Waals surface area contributed by atoms with Crippen LogP contribution < -0.4 is 10.0 Å². The van der Waals surface area contributed by atoms with Crippen molar-refractivity contribution < 1.29 is 13.2 Å². The van der Waals surface area contributed by atoms with Crippen LogP contribution in [0.15, 0.2) is 29.2 Å². The van der Waals surface area contributed by atoms with Gasteiger partial charge in [-0.15, -0.1) is 0 Å². The van der Waals surface area contributed by atoms with E-state index in [0.717, 1.165) is 0 Å². The van der Waals surface area contributed by atoms with E-state index in [9.17, 15) is 8.42 Å². The van der Waals surface area contributed by atoms with E-state index in [1.807, 2.05) is 0 Å². The lowest BCUT2D eigenvalue weighted by Gasteiger charge is -2.10. The number of hydrogen-bond acceptors (Lipinski definition) is 4. The van der Waals surface area contributed by atoms with E-state index >= 15 is 0 Å². The summed E-state index contributed by atoms with van der Waals surface area (Å²) in [6.07, 6.45) is 0.650. The van der Waals surface area contributed by atoms with Crippen molar-refractivity contribution in [2.24, 2.45) is 0 Å². The molecule has 17 heavy (non-hydrogen) atoms. The van der Waals surface area contributed by atoms with Crippen LogP contribution in [0.5, 0.6) is 0 Å². The molecule has 0 bridgehead atoms. The highest BCUT2D eigenvalue weighted by molar-refractivity contribution is 7.89. The summed E-state index contributed by atoms with van der Waals surface area (Å²) < 4.78 is 31.4. The standard InChI is InChI=1S/C11H18N2O3S/c1-12-10-6-3-4-7-11(10)17(14,15)13-8-5-9-16-2/h3-4,6-7,12-13H,5,8-9H2,1-2H3. The fraction of sp³-hybridized carbons (Fsp3) is 0.455. The largest absolute Gasteiger partial charge is 0.387 e. The number of sulfonamides is 1. The van der Waals surface area contributed by atoms with E-state index in [4.69, 9.17) is 4.74 Å². The summed E-state index contributed by atoms with van der Waals surface area (Å²) in [6.45, 7) is 0.907. The van der Waals surface area contributed by atoms with Crippen LogP contribution >= 0.6 is 0 Å². The summed E-state index contributed by atoms with van der Waals surface area (Å²) in [6, 6.07) is 6.79. The highest BCUT2D eigenvalue weighted by Gasteiger charge is 2.16. The summed E-state index contributed by atoms with van der Waals surface area (Å²) in [4.78, 5) is 0.264. The predicted octanol–water partition coefficient (Wildman–Crippen LogP) is 1.04. The van der Waals surface area contributed by atoms with E-state index in [1.54, 1.807) is 38.4 Å². The molecule has 0 amide bonds. The van der Waals surface area contributed by atoms with Crippen LogP contribution in [-0.4, -0.2) is 35.7 Å². The van der Waals surface area contributed by atoms with Gasteiger partial charge in [0.25, 0.3) is 0 Å². The molecule has 0 aliphatic heterocycles. The number of anilines is 1. The van der Waals surface area contributed by atoms with Gasteiger partial charge in [-0.2, -0.15) is 0 Å². The molecule has 1 aromatic carbocycles. The molecule has 0 saturated carbocycles. The highest BCUT2D eigenvalue weighted by Crippen LogP contribution is 2.19. The number of methoxy groups -OCH3 is 1. The second-order valence-corrected chi connectivity index (χ2v) is 5.23. The van der Waals surface area contributed by atoms with E-state index in [2.05, 4.69) is 10.0 Å². The van der Waals surface area contributed by atoms with Crippen molar-refractivity contribution in [3.05, 3.63) is 24.3 Å². The van der Waals surface area contributed by atoms with E-state index in [1.165, 1.54) is 0 Å². The highest BCUT2D eigenvalue weighted by atomic mass is 32.2. The van der Waals surface area contributed by atoms with Crippen LogP contribution in [-0.2, 0) is 14.8 Å². The van der Waals surface area contributed by atoms with Crippen LogP contribution in [0, 0.1) is 0 Å². The summed E-state index contributed by atoms with van der Waals surface area (Å²) in [5.74, 6) is 0. The molecule has 0 saturated heterocycles. The van der Waals surface area contributed by atoms with Gasteiger partial charge in [0.15, 0.2) is 0 Å². The third kappa shape index (κ3) is 3.99. The SMILES string of the molecule is CNc1ccccc1S(=O)(=O)NCCCOC. The van der Waals surface area contributed by atoms with Crippen LogP contribution in [0.2, 0.25) is 0 Å². The maximum atomic E-state index is 12.0. The van der Waals surface area contributed by atoms with Crippen LogP contribution in [0.25, 0.3) is 0 Å². The molecule has 0 aliphatic carbocycles. The van der Waals surface area contributed by atoms with Crippen LogP contribution in [0.4, 0.5) is 5.69 Å². The van der Waals surface area contributed by atoms with Gasteiger partial charge in [0, 0.05) is 27.3 Å². The lowest BCUT2D eigenvalue weighted by molar-refractivity contribution is 0.196. The molecule has 0 heterocycles. The average Bonchev–Trinajstić information content (AvgIpc) is 2.34. The van der Waals surface area contributed by atoms with Crippen molar-refractivity contribution in [2.75, 3.05) is 32.6 Å². The van der Waals surface area contributed by atoms with E-state index in [-0.39, 0.29) is 4.90 Å². The van der Waals surface area contributed by atoms with Gasteiger partial charge < -0.3 is 10.1 Å². The first-order valence-electron chi connectivity index (χ1n) is 5.37. The van der Waals surface area contributed by atoms with Crippen molar-refractivity contribution in [2.45, 2.75) is 11.3 Å². The molecular formula is C11H18N2O3S. The van der Waals surface area contributed by atoms with Gasteiger partial charge in [0.2, 0.25) is 10.0 Å². The Labute approximate surface area is 102 Å². The molecule has 0 aliphatic rings. The first kappa shape index (κ1) is 14.0. The van der Waals surface area contributed by atoms with Crippen LogP contribution in [0.3, 0.4) is 0 Å². The fourth-order valence-corrected chi connectivity index (χ4v) is 2.69. The molecule has 1 aromatic rings. The molecule has 0 radical (unpaired) electrons. The maximum Gasteiger partial charge on any atom is 0.242 e. The second kappa shape index (κ2) is 6.58. The number of hydrogen-bond donors (Lipinski definition) is 2. The molecule has 96 valence electrons. The molecule has 0 atom stereocenters. The summed E-state index contributed by atoms with van der Waals surface area (Å²) in [7, 11) is -0.170. The Kier molecular flexibility index (Phi) is 5.40. The zero-order chi connectivity index (χ0) is 12.7. The Balaban J connectivity index is 2.75. The summed E-state index contributed by atoms with van der Waals surface area (Å²) >= 11 is 0. The van der Waals surface area contributed by atoms with Crippen molar-refractivity contribution in [1.82, 2.24) is 4.72 Å². The zero-order valence-electron chi connectivity index (χ0n) is 10.1. The molecule has 1 rings (SSSR count). The van der Waals surface area contributed by atoms with E-state index in [0.29, 0.717) is 25.3 Å².